The summed E-state index contributed by atoms with van der Waals surface area (Å²) in [5.74, 6) is 0.230. The summed E-state index contributed by atoms with van der Waals surface area (Å²) in [5.41, 5.74) is 1.59. The molecule has 4 nitrogen and oxygen atoms in total. The van der Waals surface area contributed by atoms with Crippen molar-refractivity contribution in [2.45, 2.75) is 26.1 Å². The first-order chi connectivity index (χ1) is 11.6. The lowest BCUT2D eigenvalue weighted by atomic mass is 9.93. The number of carbonyl (C=O) groups is 1. The summed E-state index contributed by atoms with van der Waals surface area (Å²) < 4.78 is 46.4. The highest BCUT2D eigenvalue weighted by atomic mass is 19.4. The van der Waals surface area contributed by atoms with E-state index in [9.17, 15) is 18.0 Å². The van der Waals surface area contributed by atoms with Crippen molar-refractivity contribution in [1.82, 2.24) is 10.4 Å². The fourth-order valence-electron chi connectivity index (χ4n) is 3.06. The van der Waals surface area contributed by atoms with Gasteiger partial charge in [-0.3, -0.25) is 10.2 Å². The van der Waals surface area contributed by atoms with Crippen molar-refractivity contribution in [2.75, 3.05) is 13.7 Å². The summed E-state index contributed by atoms with van der Waals surface area (Å²) in [7, 11) is 1.53. The minimum absolute atomic E-state index is 0.0172. The molecule has 3 rings (SSSR count). The van der Waals surface area contributed by atoms with E-state index in [-0.39, 0.29) is 12.1 Å². The molecule has 0 aromatic heterocycles. The van der Waals surface area contributed by atoms with Gasteiger partial charge in [-0.2, -0.15) is 13.2 Å². The van der Waals surface area contributed by atoms with E-state index in [0.717, 1.165) is 10.4 Å². The van der Waals surface area contributed by atoms with Gasteiger partial charge < -0.3 is 4.74 Å². The number of nitrogens with one attached hydrogen (secondary N) is 1. The van der Waals surface area contributed by atoms with Crippen molar-refractivity contribution in [1.29, 1.82) is 0 Å². The van der Waals surface area contributed by atoms with Crippen LogP contribution in [-0.2, 0) is 4.79 Å². The zero-order chi connectivity index (χ0) is 18.4. The number of halogens is 3. The number of amides is 1. The van der Waals surface area contributed by atoms with Crippen LogP contribution >= 0.6 is 0 Å². The second-order valence-corrected chi connectivity index (χ2v) is 6.87. The molecule has 0 saturated carbocycles. The molecule has 0 aliphatic carbocycles. The van der Waals surface area contributed by atoms with Crippen LogP contribution in [0.15, 0.2) is 36.4 Å². The van der Waals surface area contributed by atoms with E-state index in [1.807, 2.05) is 0 Å². The first kappa shape index (κ1) is 17.5. The molecule has 1 atom stereocenters. The first-order valence-electron chi connectivity index (χ1n) is 7.84. The number of hydrogen-bond acceptors (Lipinski definition) is 3. The van der Waals surface area contributed by atoms with Gasteiger partial charge in [0.15, 0.2) is 0 Å². The number of ether oxygens (including phenoxy) is 1. The Balaban J connectivity index is 2.03. The Morgan fingerprint density at radius 3 is 2.36 bits per heavy atom. The minimum atomic E-state index is -4.52. The van der Waals surface area contributed by atoms with E-state index in [1.165, 1.54) is 19.2 Å². The highest BCUT2D eigenvalue weighted by Gasteiger charge is 2.51. The number of benzene rings is 2. The zero-order valence-corrected chi connectivity index (χ0v) is 14.1. The average molecular weight is 352 g/mol. The van der Waals surface area contributed by atoms with E-state index in [1.54, 1.807) is 38.1 Å². The zero-order valence-electron chi connectivity index (χ0n) is 14.1. The van der Waals surface area contributed by atoms with Gasteiger partial charge in [0.1, 0.15) is 11.8 Å². The van der Waals surface area contributed by atoms with Gasteiger partial charge in [0.05, 0.1) is 12.5 Å². The minimum Gasteiger partial charge on any atom is -0.497 e. The first-order valence-corrected chi connectivity index (χ1v) is 7.84. The fourth-order valence-corrected chi connectivity index (χ4v) is 3.06. The van der Waals surface area contributed by atoms with E-state index in [0.29, 0.717) is 11.1 Å². The van der Waals surface area contributed by atoms with Crippen molar-refractivity contribution in [3.63, 3.8) is 0 Å². The van der Waals surface area contributed by atoms with E-state index >= 15 is 0 Å². The quantitative estimate of drug-likeness (QED) is 0.913. The van der Waals surface area contributed by atoms with Crippen LogP contribution < -0.4 is 10.2 Å². The molecule has 1 saturated heterocycles. The molecule has 0 bridgehead atoms. The molecule has 7 heteroatoms. The van der Waals surface area contributed by atoms with Crippen LogP contribution in [-0.4, -0.2) is 30.7 Å². The maximum atomic E-state index is 13.7. The third-order valence-electron chi connectivity index (χ3n) is 4.43. The molecule has 1 amide bonds. The van der Waals surface area contributed by atoms with Crippen LogP contribution in [0.25, 0.3) is 10.8 Å². The Morgan fingerprint density at radius 2 is 1.80 bits per heavy atom. The summed E-state index contributed by atoms with van der Waals surface area (Å²) in [6.45, 7) is 3.24. The van der Waals surface area contributed by atoms with Gasteiger partial charge in [0, 0.05) is 6.54 Å². The van der Waals surface area contributed by atoms with Gasteiger partial charge in [-0.1, -0.05) is 18.2 Å². The Hall–Kier alpha value is -2.28. The van der Waals surface area contributed by atoms with Crippen LogP contribution in [0.1, 0.15) is 25.5 Å². The summed E-state index contributed by atoms with van der Waals surface area (Å²) in [5, 5.41) is 2.44. The maximum absolute atomic E-state index is 13.7. The third kappa shape index (κ3) is 3.28. The highest BCUT2D eigenvalue weighted by molar-refractivity contribution is 5.85. The van der Waals surface area contributed by atoms with Crippen LogP contribution in [0.5, 0.6) is 5.75 Å². The van der Waals surface area contributed by atoms with Gasteiger partial charge in [-0.05, 0) is 48.4 Å². The molecule has 2 aromatic carbocycles. The van der Waals surface area contributed by atoms with E-state index in [2.05, 4.69) is 5.43 Å². The maximum Gasteiger partial charge on any atom is 0.409 e. The summed E-state index contributed by atoms with van der Waals surface area (Å²) in [4.78, 5) is 11.9. The monoisotopic (exact) mass is 352 g/mol. The van der Waals surface area contributed by atoms with Crippen molar-refractivity contribution in [2.24, 2.45) is 5.41 Å². The SMILES string of the molecule is COc1ccc2cc([C@H](N3CC(C)(C)C(=O)N3)C(F)(F)F)ccc2c1. The van der Waals surface area contributed by atoms with Gasteiger partial charge in [-0.25, -0.2) is 5.01 Å². The number of hydrogen-bond donors (Lipinski definition) is 1. The lowest BCUT2D eigenvalue weighted by molar-refractivity contribution is -0.191. The van der Waals surface area contributed by atoms with Gasteiger partial charge in [0.25, 0.3) is 0 Å². The predicted octanol–water partition coefficient (Wildman–Crippen LogP) is 3.82. The second kappa shape index (κ2) is 5.91. The molecule has 0 unspecified atom stereocenters. The normalized spacial score (nSPS) is 19.0. The molecule has 2 aromatic rings. The molecule has 0 radical (unpaired) electrons. The van der Waals surface area contributed by atoms with Crippen molar-refractivity contribution in [3.8, 4) is 5.75 Å². The summed E-state index contributed by atoms with van der Waals surface area (Å²) in [6.07, 6.45) is -4.52. The average Bonchev–Trinajstić information content (AvgIpc) is 2.78. The molecule has 134 valence electrons. The Bertz CT molecular complexity index is 818. The second-order valence-electron chi connectivity index (χ2n) is 6.87. The van der Waals surface area contributed by atoms with Crippen molar-refractivity contribution >= 4 is 16.7 Å². The number of carbonyl (C=O) groups excluding carboxylic acids is 1. The molecular weight excluding hydrogens is 333 g/mol. The van der Waals surface area contributed by atoms with Crippen molar-refractivity contribution in [3.05, 3.63) is 42.0 Å². The van der Waals surface area contributed by atoms with Crippen LogP contribution in [0.4, 0.5) is 13.2 Å². The molecule has 1 fully saturated rings. The number of hydrazine groups is 1. The van der Waals surface area contributed by atoms with Gasteiger partial charge in [-0.15, -0.1) is 0 Å². The topological polar surface area (TPSA) is 41.6 Å². The molecular formula is C18H19F3N2O2. The van der Waals surface area contributed by atoms with E-state index in [4.69, 9.17) is 4.74 Å². The standard InChI is InChI=1S/C18H19F3N2O2/c1-17(2)10-23(22-16(17)24)15(18(19,20)21)13-5-4-12-9-14(25-3)7-6-11(12)8-13/h4-9,15H,10H2,1-3H3,(H,22,24)/t15-/m0/s1. The summed E-state index contributed by atoms with van der Waals surface area (Å²) in [6, 6.07) is 7.87. The number of nitrogens with zero attached hydrogens (tertiary/aromatic N) is 1. The van der Waals surface area contributed by atoms with Crippen LogP contribution in [0.2, 0.25) is 0 Å². The third-order valence-corrected chi connectivity index (χ3v) is 4.43. The van der Waals surface area contributed by atoms with Crippen LogP contribution in [0, 0.1) is 5.41 Å². The molecule has 1 heterocycles. The van der Waals surface area contributed by atoms with Crippen LogP contribution in [0.3, 0.4) is 0 Å². The predicted molar refractivity (Wildman–Crippen MR) is 87.9 cm³/mol. The molecule has 1 N–H and O–H groups in total. The molecule has 1 aliphatic rings. The van der Waals surface area contributed by atoms with Crippen molar-refractivity contribution < 1.29 is 22.7 Å². The summed E-state index contributed by atoms with van der Waals surface area (Å²) >= 11 is 0. The number of rotatable bonds is 3. The smallest absolute Gasteiger partial charge is 0.409 e. The molecule has 25 heavy (non-hydrogen) atoms. The number of methoxy groups -OCH3 is 1. The largest absolute Gasteiger partial charge is 0.497 e. The van der Waals surface area contributed by atoms with Gasteiger partial charge >= 0.3 is 6.18 Å². The Kier molecular flexibility index (Phi) is 4.15. The number of fused-ring (bicyclic) bond motifs is 1. The highest BCUT2D eigenvalue weighted by Crippen LogP contribution is 2.41. The fraction of sp³-hybridized carbons (Fsp3) is 0.389. The van der Waals surface area contributed by atoms with E-state index < -0.39 is 23.5 Å². The number of alkyl halides is 3. The lowest BCUT2D eigenvalue weighted by Crippen LogP contribution is -2.43. The Labute approximate surface area is 143 Å². The molecule has 1 aliphatic heterocycles. The Morgan fingerprint density at radius 1 is 1.16 bits per heavy atom. The molecule has 0 spiro atoms. The van der Waals surface area contributed by atoms with Gasteiger partial charge in [0.2, 0.25) is 5.91 Å². The lowest BCUT2D eigenvalue weighted by Gasteiger charge is -2.30.